The number of hydrogen-bond donors (Lipinski definition) is 0. The predicted octanol–water partition coefficient (Wildman–Crippen LogP) is 3.51. The van der Waals surface area contributed by atoms with Crippen LogP contribution in [-0.4, -0.2) is 17.0 Å². The minimum Gasteiger partial charge on any atom is -0.461 e. The largest absolute Gasteiger partial charge is 0.461 e. The highest BCUT2D eigenvalue weighted by Crippen LogP contribution is 2.15. The number of ether oxygens (including phenoxy) is 1. The maximum Gasteiger partial charge on any atom is 0.309 e. The van der Waals surface area contributed by atoms with Crippen molar-refractivity contribution in [1.29, 1.82) is 0 Å². The molecule has 0 aliphatic heterocycles. The molecule has 0 aliphatic rings. The first kappa shape index (κ1) is 14.1. The van der Waals surface area contributed by atoms with Gasteiger partial charge >= 0.3 is 5.97 Å². The molecule has 0 amide bonds. The summed E-state index contributed by atoms with van der Waals surface area (Å²) >= 11 is 1.79. The van der Waals surface area contributed by atoms with Crippen LogP contribution in [0.2, 0.25) is 0 Å². The predicted molar refractivity (Wildman–Crippen MR) is 73.0 cm³/mol. The van der Waals surface area contributed by atoms with E-state index in [1.807, 2.05) is 37.3 Å². The summed E-state index contributed by atoms with van der Waals surface area (Å²) in [4.78, 5) is 11.7. The lowest BCUT2D eigenvalue weighted by molar-refractivity contribution is -0.148. The van der Waals surface area contributed by atoms with Crippen LogP contribution in [0.1, 0.15) is 26.3 Å². The van der Waals surface area contributed by atoms with Gasteiger partial charge in [-0.05, 0) is 10.8 Å². The van der Waals surface area contributed by atoms with Gasteiger partial charge in [0.15, 0.2) is 0 Å². The molecule has 1 aromatic carbocycles. The molecule has 1 rings (SSSR count). The Bertz CT molecular complexity index is 335. The molecule has 0 fully saturated rings. The monoisotopic (exact) mass is 252 g/mol. The van der Waals surface area contributed by atoms with Gasteiger partial charge in [0.1, 0.15) is 6.61 Å². The molecular weight excluding hydrogens is 232 g/mol. The van der Waals surface area contributed by atoms with E-state index in [0.29, 0.717) is 11.9 Å². The van der Waals surface area contributed by atoms with Gasteiger partial charge in [-0.2, -0.15) is 11.8 Å². The van der Waals surface area contributed by atoms with E-state index in [2.05, 4.69) is 13.8 Å². The van der Waals surface area contributed by atoms with Crippen LogP contribution in [-0.2, 0) is 16.1 Å². The maximum atomic E-state index is 11.7. The number of carbonyl (C=O) groups excluding carboxylic acids is 1. The van der Waals surface area contributed by atoms with E-state index in [4.69, 9.17) is 4.74 Å². The molecule has 2 nitrogen and oxygen atoms in total. The zero-order valence-corrected chi connectivity index (χ0v) is 11.5. The van der Waals surface area contributed by atoms with Gasteiger partial charge in [0.2, 0.25) is 0 Å². The molecule has 0 radical (unpaired) electrons. The minimum absolute atomic E-state index is 0.0360. The topological polar surface area (TPSA) is 26.3 Å². The molecule has 1 aromatic rings. The smallest absolute Gasteiger partial charge is 0.309 e. The first-order chi connectivity index (χ1) is 8.09. The maximum absolute atomic E-state index is 11.7. The molecule has 94 valence electrons. The molecule has 1 atom stereocenters. The van der Waals surface area contributed by atoms with E-state index in [0.717, 1.165) is 11.3 Å². The van der Waals surface area contributed by atoms with Gasteiger partial charge in [-0.15, -0.1) is 0 Å². The van der Waals surface area contributed by atoms with Gasteiger partial charge in [-0.25, -0.2) is 0 Å². The molecule has 0 N–H and O–H groups in total. The number of benzene rings is 1. The highest BCUT2D eigenvalue weighted by atomic mass is 32.2. The second-order valence-corrected chi connectivity index (χ2v) is 5.99. The third kappa shape index (κ3) is 5.78. The Labute approximate surface area is 108 Å². The Morgan fingerprint density at radius 3 is 2.47 bits per heavy atom. The van der Waals surface area contributed by atoms with E-state index in [1.165, 1.54) is 0 Å². The molecule has 0 bridgehead atoms. The molecule has 1 unspecified atom stereocenters. The van der Waals surface area contributed by atoms with Gasteiger partial charge < -0.3 is 4.74 Å². The molecule has 0 aromatic heterocycles. The van der Waals surface area contributed by atoms with Crippen LogP contribution in [0, 0.1) is 5.92 Å². The summed E-state index contributed by atoms with van der Waals surface area (Å²) in [7, 11) is 0. The average molecular weight is 252 g/mol. The third-order valence-electron chi connectivity index (χ3n) is 2.31. The SMILES string of the molecule is CC(C)SCC(C)C(=O)OCc1ccccc1. The Kier molecular flexibility index (Phi) is 6.12. The fourth-order valence-corrected chi connectivity index (χ4v) is 2.09. The Hall–Kier alpha value is -0.960. The van der Waals surface area contributed by atoms with Crippen LogP contribution < -0.4 is 0 Å². The van der Waals surface area contributed by atoms with Crippen LogP contribution in [0.5, 0.6) is 0 Å². The van der Waals surface area contributed by atoms with Gasteiger partial charge in [0, 0.05) is 5.75 Å². The molecule has 0 saturated heterocycles. The number of carbonyl (C=O) groups is 1. The van der Waals surface area contributed by atoms with Crippen molar-refractivity contribution in [3.05, 3.63) is 35.9 Å². The first-order valence-corrected chi connectivity index (χ1v) is 6.96. The Morgan fingerprint density at radius 1 is 1.24 bits per heavy atom. The van der Waals surface area contributed by atoms with Crippen molar-refractivity contribution in [3.63, 3.8) is 0 Å². The van der Waals surface area contributed by atoms with Crippen LogP contribution in [0.3, 0.4) is 0 Å². The zero-order chi connectivity index (χ0) is 12.7. The van der Waals surface area contributed by atoms with Gasteiger partial charge in [0.25, 0.3) is 0 Å². The fourth-order valence-electron chi connectivity index (χ4n) is 1.28. The standard InChI is InChI=1S/C14H20O2S/c1-11(2)17-10-12(3)14(15)16-9-13-7-5-4-6-8-13/h4-8,11-12H,9-10H2,1-3H3. The lowest BCUT2D eigenvalue weighted by Gasteiger charge is -2.12. The molecule has 0 spiro atoms. The number of rotatable bonds is 6. The van der Waals surface area contributed by atoms with E-state index in [1.54, 1.807) is 11.8 Å². The summed E-state index contributed by atoms with van der Waals surface area (Å²) < 4.78 is 5.27. The van der Waals surface area contributed by atoms with E-state index in [-0.39, 0.29) is 11.9 Å². The van der Waals surface area contributed by atoms with Gasteiger partial charge in [-0.1, -0.05) is 51.1 Å². The van der Waals surface area contributed by atoms with Crippen molar-refractivity contribution in [1.82, 2.24) is 0 Å². The fraction of sp³-hybridized carbons (Fsp3) is 0.500. The summed E-state index contributed by atoms with van der Waals surface area (Å²) in [6.07, 6.45) is 0. The van der Waals surface area contributed by atoms with Gasteiger partial charge in [-0.3, -0.25) is 4.79 Å². The summed E-state index contributed by atoms with van der Waals surface area (Å²) in [5.41, 5.74) is 1.03. The quantitative estimate of drug-likeness (QED) is 0.725. The molecular formula is C14H20O2S. The molecule has 17 heavy (non-hydrogen) atoms. The molecule has 0 saturated carbocycles. The first-order valence-electron chi connectivity index (χ1n) is 5.91. The Balaban J connectivity index is 2.29. The van der Waals surface area contributed by atoms with Gasteiger partial charge in [0.05, 0.1) is 5.92 Å². The molecule has 0 aliphatic carbocycles. The highest BCUT2D eigenvalue weighted by molar-refractivity contribution is 7.99. The summed E-state index contributed by atoms with van der Waals surface area (Å²) in [5, 5.41) is 0.555. The summed E-state index contributed by atoms with van der Waals surface area (Å²) in [5.74, 6) is 0.679. The van der Waals surface area contributed by atoms with Crippen LogP contribution in [0.15, 0.2) is 30.3 Å². The van der Waals surface area contributed by atoms with E-state index >= 15 is 0 Å². The zero-order valence-electron chi connectivity index (χ0n) is 10.7. The summed E-state index contributed by atoms with van der Waals surface area (Å²) in [6.45, 7) is 6.55. The van der Waals surface area contributed by atoms with Crippen molar-refractivity contribution in [2.24, 2.45) is 5.92 Å². The normalized spacial score (nSPS) is 12.5. The van der Waals surface area contributed by atoms with Crippen molar-refractivity contribution >= 4 is 17.7 Å². The van der Waals surface area contributed by atoms with Crippen LogP contribution in [0.25, 0.3) is 0 Å². The number of thioether (sulfide) groups is 1. The second-order valence-electron chi connectivity index (χ2n) is 4.38. The molecule has 3 heteroatoms. The lowest BCUT2D eigenvalue weighted by atomic mass is 10.2. The number of esters is 1. The molecule has 0 heterocycles. The highest BCUT2D eigenvalue weighted by Gasteiger charge is 2.15. The van der Waals surface area contributed by atoms with E-state index in [9.17, 15) is 4.79 Å². The van der Waals surface area contributed by atoms with Crippen molar-refractivity contribution in [2.45, 2.75) is 32.6 Å². The second kappa shape index (κ2) is 7.38. The van der Waals surface area contributed by atoms with Crippen molar-refractivity contribution in [3.8, 4) is 0 Å². The van der Waals surface area contributed by atoms with E-state index < -0.39 is 0 Å². The Morgan fingerprint density at radius 2 is 1.88 bits per heavy atom. The number of hydrogen-bond acceptors (Lipinski definition) is 3. The van der Waals surface area contributed by atoms with Crippen molar-refractivity contribution < 1.29 is 9.53 Å². The summed E-state index contributed by atoms with van der Waals surface area (Å²) in [6, 6.07) is 9.76. The van der Waals surface area contributed by atoms with Crippen LogP contribution in [0.4, 0.5) is 0 Å². The third-order valence-corrected chi connectivity index (χ3v) is 3.66. The van der Waals surface area contributed by atoms with Crippen LogP contribution >= 0.6 is 11.8 Å². The average Bonchev–Trinajstić information content (AvgIpc) is 2.34. The van der Waals surface area contributed by atoms with Crippen molar-refractivity contribution in [2.75, 3.05) is 5.75 Å². The lowest BCUT2D eigenvalue weighted by Crippen LogP contribution is -2.17. The minimum atomic E-state index is -0.109.